The summed E-state index contributed by atoms with van der Waals surface area (Å²) in [5.41, 5.74) is -2.40. The van der Waals surface area contributed by atoms with Gasteiger partial charge in [-0.1, -0.05) is 11.6 Å². The zero-order valence-corrected chi connectivity index (χ0v) is 7.96. The van der Waals surface area contributed by atoms with Gasteiger partial charge in [-0.3, -0.25) is 4.79 Å². The number of hydrogen-bond acceptors (Lipinski definition) is 3. The first kappa shape index (κ1) is 5.66. The number of carboxylic acids is 1. The predicted octanol–water partition coefficient (Wildman–Crippen LogP) is 1.55. The minimum atomic E-state index is -2.56. The van der Waals surface area contributed by atoms with Crippen LogP contribution in [0.15, 0.2) is 6.33 Å². The molecule has 0 aromatic carbocycles. The first-order valence-electron chi connectivity index (χ1n) is 5.83. The van der Waals surface area contributed by atoms with Crippen molar-refractivity contribution >= 4 is 17.6 Å². The maximum atomic E-state index is 11.4. The Kier molecular flexibility index (Phi) is 1.18. The fraction of sp³-hybridized carbons (Fsp3) is 0.444. The zero-order valence-electron chi connectivity index (χ0n) is 11.2. The van der Waals surface area contributed by atoms with Crippen LogP contribution >= 0.6 is 11.6 Å². The van der Waals surface area contributed by atoms with Gasteiger partial charge in [-0.05, 0) is 19.7 Å². The molecule has 1 aromatic rings. The van der Waals surface area contributed by atoms with Crippen LogP contribution in [0.4, 0.5) is 0 Å². The Morgan fingerprint density at radius 2 is 2.36 bits per heavy atom. The van der Waals surface area contributed by atoms with Crippen LogP contribution in [0.1, 0.15) is 29.5 Å². The number of carboxylic acid groups (broad SMARTS) is 1. The van der Waals surface area contributed by atoms with Crippen molar-refractivity contribution in [1.29, 1.82) is 0 Å². The van der Waals surface area contributed by atoms with Gasteiger partial charge in [-0.2, -0.15) is 0 Å². The first-order valence-corrected chi connectivity index (χ1v) is 4.21. The summed E-state index contributed by atoms with van der Waals surface area (Å²) >= 11 is 5.80. The molecule has 74 valence electrons. The smallest absolute Gasteiger partial charge is 0.314 e. The second-order valence-corrected chi connectivity index (χ2v) is 3.29. The van der Waals surface area contributed by atoms with E-state index in [-0.39, 0.29) is 16.4 Å². The van der Waals surface area contributed by atoms with Gasteiger partial charge < -0.3 is 5.11 Å². The molecule has 0 amide bonds. The third kappa shape index (κ3) is 1.18. The summed E-state index contributed by atoms with van der Waals surface area (Å²) in [7, 11) is 0. The molecule has 1 N–H and O–H groups in total. The van der Waals surface area contributed by atoms with Gasteiger partial charge in [0.05, 0.1) is 5.41 Å². The largest absolute Gasteiger partial charge is 0.481 e. The summed E-state index contributed by atoms with van der Waals surface area (Å²) in [4.78, 5) is 18.8. The molecule has 0 aliphatic heterocycles. The molecule has 5 heteroatoms. The summed E-state index contributed by atoms with van der Waals surface area (Å²) in [5, 5.41) is 9.04. The summed E-state index contributed by atoms with van der Waals surface area (Å²) in [5.74, 6) is -1.61. The summed E-state index contributed by atoms with van der Waals surface area (Å²) in [6, 6.07) is 0. The van der Waals surface area contributed by atoms with Crippen molar-refractivity contribution in [3.63, 3.8) is 0 Å². The minimum absolute atomic E-state index is 0.155. The third-order valence-corrected chi connectivity index (χ3v) is 2.35. The highest BCUT2D eigenvalue weighted by Crippen LogP contribution is 2.51. The van der Waals surface area contributed by atoms with Crippen LogP contribution in [0, 0.1) is 6.92 Å². The number of nitrogens with zero attached hydrogens (tertiary/aromatic N) is 2. The van der Waals surface area contributed by atoms with Crippen molar-refractivity contribution in [2.45, 2.75) is 25.1 Å². The van der Waals surface area contributed by atoms with Gasteiger partial charge in [0.2, 0.25) is 0 Å². The van der Waals surface area contributed by atoms with Crippen LogP contribution in [0.3, 0.4) is 0 Å². The van der Waals surface area contributed by atoms with E-state index in [2.05, 4.69) is 9.97 Å². The number of halogens is 1. The molecular formula is C9H9ClN2O2. The lowest BCUT2D eigenvalue weighted by Gasteiger charge is -2.12. The molecule has 14 heavy (non-hydrogen) atoms. The average molecular weight is 217 g/mol. The highest BCUT2D eigenvalue weighted by atomic mass is 35.5. The quantitative estimate of drug-likeness (QED) is 0.762. The molecular weight excluding hydrogens is 204 g/mol. The summed E-state index contributed by atoms with van der Waals surface area (Å²) < 4.78 is 30.5. The zero-order chi connectivity index (χ0) is 13.9. The molecule has 1 aromatic heterocycles. The fourth-order valence-corrected chi connectivity index (χ4v) is 1.59. The molecule has 1 heterocycles. The molecule has 2 rings (SSSR count). The molecule has 1 aliphatic carbocycles. The Bertz CT molecular complexity index is 515. The number of carbonyl (C=O) groups is 1. The molecule has 0 spiro atoms. The van der Waals surface area contributed by atoms with E-state index >= 15 is 0 Å². The van der Waals surface area contributed by atoms with Gasteiger partial charge in [0.1, 0.15) is 11.5 Å². The second kappa shape index (κ2) is 2.92. The highest BCUT2D eigenvalue weighted by Gasteiger charge is 2.54. The molecule has 1 fully saturated rings. The summed E-state index contributed by atoms with van der Waals surface area (Å²) in [6.45, 7) is 1.44. The normalized spacial score (nSPS) is 29.3. The van der Waals surface area contributed by atoms with Crippen LogP contribution in [0.5, 0.6) is 0 Å². The monoisotopic (exact) mass is 216 g/mol. The SMILES string of the molecule is [2H]C1([2H])C([2H])([2H])C1(C(=O)O)c1c(C)ncnc1Cl. The molecule has 0 saturated heterocycles. The lowest BCUT2D eigenvalue weighted by molar-refractivity contribution is -0.140. The molecule has 1 saturated carbocycles. The third-order valence-electron chi connectivity index (χ3n) is 2.06. The number of hydrogen-bond donors (Lipinski definition) is 1. The van der Waals surface area contributed by atoms with Gasteiger partial charge in [0.25, 0.3) is 0 Å². The van der Waals surface area contributed by atoms with E-state index in [1.165, 1.54) is 6.92 Å². The number of rotatable bonds is 2. The minimum Gasteiger partial charge on any atom is -0.481 e. The number of aromatic nitrogens is 2. The first-order chi connectivity index (χ1) is 8.12. The van der Waals surface area contributed by atoms with Gasteiger partial charge >= 0.3 is 5.97 Å². The van der Waals surface area contributed by atoms with Crippen molar-refractivity contribution in [2.24, 2.45) is 0 Å². The van der Waals surface area contributed by atoms with Gasteiger partial charge in [-0.15, -0.1) is 0 Å². The van der Waals surface area contributed by atoms with Crippen molar-refractivity contribution in [2.75, 3.05) is 0 Å². The molecule has 0 unspecified atom stereocenters. The lowest BCUT2D eigenvalue weighted by Crippen LogP contribution is -2.22. The van der Waals surface area contributed by atoms with Crippen LogP contribution in [0.2, 0.25) is 5.15 Å². The van der Waals surface area contributed by atoms with Crippen molar-refractivity contribution in [3.05, 3.63) is 22.7 Å². The second-order valence-electron chi connectivity index (χ2n) is 2.93. The van der Waals surface area contributed by atoms with E-state index in [1.54, 1.807) is 0 Å². The van der Waals surface area contributed by atoms with E-state index in [9.17, 15) is 9.90 Å². The van der Waals surface area contributed by atoms with E-state index in [4.69, 9.17) is 17.1 Å². The van der Waals surface area contributed by atoms with E-state index in [0.717, 1.165) is 6.33 Å². The maximum absolute atomic E-state index is 11.4. The van der Waals surface area contributed by atoms with Crippen molar-refractivity contribution in [3.8, 4) is 0 Å². The molecule has 0 atom stereocenters. The predicted molar refractivity (Wildman–Crippen MR) is 50.3 cm³/mol. The summed E-state index contributed by atoms with van der Waals surface area (Å²) in [6.07, 6.45) is -4.01. The van der Waals surface area contributed by atoms with Gasteiger partial charge in [0, 0.05) is 16.7 Å². The van der Waals surface area contributed by atoms with Gasteiger partial charge in [0.15, 0.2) is 0 Å². The van der Waals surface area contributed by atoms with E-state index in [1.807, 2.05) is 0 Å². The molecule has 0 bridgehead atoms. The Balaban J connectivity index is 2.79. The number of aryl methyl sites for hydroxylation is 1. The van der Waals surface area contributed by atoms with Gasteiger partial charge in [-0.25, -0.2) is 9.97 Å². The fourth-order valence-electron chi connectivity index (χ4n) is 1.27. The molecule has 1 aliphatic rings. The number of aliphatic carboxylic acids is 1. The standard InChI is InChI=1S/C9H9ClN2O2/c1-5-6(7(10)12-4-11-5)9(2-3-9)8(13)14/h4H,2-3H2,1H3,(H,13,14)/i2D2,3D2. The Hall–Kier alpha value is -1.16. The Morgan fingerprint density at radius 1 is 1.71 bits per heavy atom. The topological polar surface area (TPSA) is 63.1 Å². The van der Waals surface area contributed by atoms with E-state index in [0.29, 0.717) is 0 Å². The van der Waals surface area contributed by atoms with Crippen LogP contribution in [0.25, 0.3) is 0 Å². The lowest BCUT2D eigenvalue weighted by atomic mass is 9.96. The van der Waals surface area contributed by atoms with Crippen LogP contribution in [-0.2, 0) is 10.2 Å². The van der Waals surface area contributed by atoms with Crippen molar-refractivity contribution < 1.29 is 15.4 Å². The average Bonchev–Trinajstić information content (AvgIpc) is 2.56. The Morgan fingerprint density at radius 3 is 2.79 bits per heavy atom. The molecule has 4 nitrogen and oxygen atoms in total. The molecule has 0 radical (unpaired) electrons. The Labute approximate surface area is 91.6 Å². The maximum Gasteiger partial charge on any atom is 0.314 e. The van der Waals surface area contributed by atoms with E-state index < -0.39 is 24.1 Å². The highest BCUT2D eigenvalue weighted by molar-refractivity contribution is 6.30. The van der Waals surface area contributed by atoms with Crippen LogP contribution < -0.4 is 0 Å². The van der Waals surface area contributed by atoms with Crippen LogP contribution in [-0.4, -0.2) is 21.0 Å². The van der Waals surface area contributed by atoms with Crippen molar-refractivity contribution in [1.82, 2.24) is 9.97 Å².